The Balaban J connectivity index is 0.000000596. The van der Waals surface area contributed by atoms with Gasteiger partial charge in [0.05, 0.1) is 11.2 Å². The number of hydrogen-bond acceptors (Lipinski definition) is 7. The summed E-state index contributed by atoms with van der Waals surface area (Å²) in [5, 5.41) is 42.0. The quantitative estimate of drug-likeness (QED) is 0.439. The third-order valence-corrected chi connectivity index (χ3v) is 4.36. The molecule has 27 heavy (non-hydrogen) atoms. The molecule has 0 spiro atoms. The molecule has 0 amide bonds. The van der Waals surface area contributed by atoms with Crippen LogP contribution in [0.3, 0.4) is 0 Å². The Morgan fingerprint density at radius 2 is 1.48 bits per heavy atom. The smallest absolute Gasteiger partial charge is 0.436 e. The van der Waals surface area contributed by atoms with Crippen LogP contribution in [0.5, 0.6) is 0 Å². The summed E-state index contributed by atoms with van der Waals surface area (Å²) in [5.41, 5.74) is 1.04. The summed E-state index contributed by atoms with van der Waals surface area (Å²) in [5.74, 6) is 0.576. The van der Waals surface area contributed by atoms with Crippen molar-refractivity contribution >= 4 is 18.4 Å². The van der Waals surface area contributed by atoms with Crippen molar-refractivity contribution in [1.82, 2.24) is 4.98 Å². The SMILES string of the molecule is CC(C)(O)C(C)(O)Cc1ccc(-c2nc3ccccc3o2)cc1.OB(O)O. The molecule has 0 radical (unpaired) electrons. The first-order valence-corrected chi connectivity index (χ1v) is 8.43. The number of fused-ring (bicyclic) bond motifs is 1. The molecule has 0 saturated heterocycles. The fourth-order valence-corrected chi connectivity index (χ4v) is 2.37. The molecule has 0 aliphatic carbocycles. The second kappa shape index (κ2) is 8.20. The van der Waals surface area contributed by atoms with Gasteiger partial charge in [0, 0.05) is 12.0 Å². The molecule has 1 aromatic heterocycles. The minimum atomic E-state index is -2.17. The van der Waals surface area contributed by atoms with Crippen molar-refractivity contribution in [1.29, 1.82) is 0 Å². The first kappa shape index (κ1) is 21.1. The van der Waals surface area contributed by atoms with E-state index in [0.29, 0.717) is 12.3 Å². The summed E-state index contributed by atoms with van der Waals surface area (Å²) in [6.07, 6.45) is 0.365. The number of oxazole rings is 1. The van der Waals surface area contributed by atoms with Crippen LogP contribution in [0.1, 0.15) is 26.3 Å². The van der Waals surface area contributed by atoms with Crippen molar-refractivity contribution in [2.75, 3.05) is 0 Å². The topological polar surface area (TPSA) is 127 Å². The van der Waals surface area contributed by atoms with E-state index in [1.807, 2.05) is 48.5 Å². The fourth-order valence-electron chi connectivity index (χ4n) is 2.37. The van der Waals surface area contributed by atoms with Gasteiger partial charge >= 0.3 is 7.32 Å². The number of hydrogen-bond donors (Lipinski definition) is 5. The highest BCUT2D eigenvalue weighted by Gasteiger charge is 2.37. The maximum absolute atomic E-state index is 10.4. The number of benzene rings is 2. The van der Waals surface area contributed by atoms with E-state index in [9.17, 15) is 10.2 Å². The molecule has 1 unspecified atom stereocenters. The van der Waals surface area contributed by atoms with Crippen molar-refractivity contribution in [2.24, 2.45) is 0 Å². The Bertz CT molecular complexity index is 832. The lowest BCUT2D eigenvalue weighted by Crippen LogP contribution is -2.49. The van der Waals surface area contributed by atoms with Gasteiger partial charge in [-0.25, -0.2) is 4.98 Å². The average Bonchev–Trinajstić information content (AvgIpc) is 2.97. The third kappa shape index (κ3) is 5.62. The summed E-state index contributed by atoms with van der Waals surface area (Å²) in [6, 6.07) is 15.3. The maximum atomic E-state index is 10.4. The summed E-state index contributed by atoms with van der Waals surface area (Å²) >= 11 is 0. The van der Waals surface area contributed by atoms with Gasteiger partial charge in [-0.05, 0) is 50.6 Å². The van der Waals surface area contributed by atoms with Crippen LogP contribution in [0.2, 0.25) is 0 Å². The van der Waals surface area contributed by atoms with Crippen molar-refractivity contribution < 1.29 is 29.7 Å². The van der Waals surface area contributed by atoms with Crippen molar-refractivity contribution in [3.05, 3.63) is 54.1 Å². The molecule has 0 aliphatic rings. The summed E-state index contributed by atoms with van der Waals surface area (Å²) < 4.78 is 5.75. The normalized spacial score (nSPS) is 13.6. The molecule has 1 atom stereocenters. The van der Waals surface area contributed by atoms with Gasteiger partial charge in [0.1, 0.15) is 5.52 Å². The Morgan fingerprint density at radius 3 is 2.00 bits per heavy atom. The zero-order valence-electron chi connectivity index (χ0n) is 15.5. The van der Waals surface area contributed by atoms with Gasteiger partial charge in [-0.2, -0.15) is 0 Å². The molecule has 144 valence electrons. The first-order chi connectivity index (χ1) is 12.5. The number of rotatable bonds is 4. The highest BCUT2D eigenvalue weighted by molar-refractivity contribution is 6.30. The fraction of sp³-hybridized carbons (Fsp3) is 0.316. The van der Waals surface area contributed by atoms with E-state index in [2.05, 4.69) is 4.98 Å². The predicted molar refractivity (Wildman–Crippen MR) is 102 cm³/mol. The van der Waals surface area contributed by atoms with Crippen LogP contribution in [-0.2, 0) is 6.42 Å². The number of aromatic nitrogens is 1. The van der Waals surface area contributed by atoms with Crippen LogP contribution in [0.4, 0.5) is 0 Å². The third-order valence-electron chi connectivity index (χ3n) is 4.36. The highest BCUT2D eigenvalue weighted by Crippen LogP contribution is 2.28. The molecular formula is C19H24BNO6. The summed E-state index contributed by atoms with van der Waals surface area (Å²) in [4.78, 5) is 4.47. The van der Waals surface area contributed by atoms with E-state index in [1.165, 1.54) is 0 Å². The standard InChI is InChI=1S/C19H21NO3.BH3O3/c1-18(2,21)19(3,22)12-13-8-10-14(11-9-13)17-20-15-6-4-5-7-16(15)23-17;2-1(3)4/h4-11,21-22H,12H2,1-3H3;2-4H. The zero-order valence-corrected chi connectivity index (χ0v) is 15.5. The molecule has 0 fully saturated rings. The minimum absolute atomic E-state index is 0.365. The number of aliphatic hydroxyl groups is 2. The van der Waals surface area contributed by atoms with Gasteiger partial charge in [-0.1, -0.05) is 24.3 Å². The highest BCUT2D eigenvalue weighted by atomic mass is 16.5. The molecule has 5 N–H and O–H groups in total. The van der Waals surface area contributed by atoms with Crippen molar-refractivity contribution in [3.63, 3.8) is 0 Å². The molecular weight excluding hydrogens is 349 g/mol. The minimum Gasteiger partial charge on any atom is -0.436 e. The van der Waals surface area contributed by atoms with Crippen molar-refractivity contribution in [3.8, 4) is 11.5 Å². The number of para-hydroxylation sites is 2. The van der Waals surface area contributed by atoms with E-state index in [1.54, 1.807) is 20.8 Å². The van der Waals surface area contributed by atoms with E-state index in [-0.39, 0.29) is 0 Å². The Hall–Kier alpha value is -2.23. The summed E-state index contributed by atoms with van der Waals surface area (Å²) in [6.45, 7) is 4.86. The van der Waals surface area contributed by atoms with Crippen LogP contribution in [0.15, 0.2) is 52.9 Å². The molecule has 8 heteroatoms. The second-order valence-corrected chi connectivity index (χ2v) is 7.04. The first-order valence-electron chi connectivity index (χ1n) is 8.43. The van der Waals surface area contributed by atoms with E-state index < -0.39 is 18.5 Å². The lowest BCUT2D eigenvalue weighted by Gasteiger charge is -2.35. The molecule has 3 rings (SSSR count). The van der Waals surface area contributed by atoms with Crippen LogP contribution < -0.4 is 0 Å². The molecule has 0 aliphatic heterocycles. The van der Waals surface area contributed by atoms with Gasteiger partial charge < -0.3 is 29.7 Å². The van der Waals surface area contributed by atoms with E-state index in [4.69, 9.17) is 19.5 Å². The van der Waals surface area contributed by atoms with E-state index in [0.717, 1.165) is 22.2 Å². The molecule has 0 saturated carbocycles. The van der Waals surface area contributed by atoms with Crippen LogP contribution in [0.25, 0.3) is 22.6 Å². The Morgan fingerprint density at radius 1 is 0.926 bits per heavy atom. The Kier molecular flexibility index (Phi) is 6.40. The van der Waals surface area contributed by atoms with E-state index >= 15 is 0 Å². The Labute approximate surface area is 157 Å². The average molecular weight is 373 g/mol. The van der Waals surface area contributed by atoms with Gasteiger partial charge in [-0.3, -0.25) is 0 Å². The van der Waals surface area contributed by atoms with Crippen LogP contribution in [-0.4, -0.2) is 48.8 Å². The monoisotopic (exact) mass is 373 g/mol. The molecule has 7 nitrogen and oxygen atoms in total. The predicted octanol–water partition coefficient (Wildman–Crippen LogP) is 1.51. The lowest BCUT2D eigenvalue weighted by atomic mass is 9.82. The molecule has 1 heterocycles. The summed E-state index contributed by atoms with van der Waals surface area (Å²) in [7, 11) is -2.17. The van der Waals surface area contributed by atoms with Gasteiger partial charge in [0.2, 0.25) is 5.89 Å². The lowest BCUT2D eigenvalue weighted by molar-refractivity contribution is -0.118. The molecule has 0 bridgehead atoms. The largest absolute Gasteiger partial charge is 0.631 e. The van der Waals surface area contributed by atoms with Gasteiger partial charge in [0.15, 0.2) is 5.58 Å². The van der Waals surface area contributed by atoms with Gasteiger partial charge in [0.25, 0.3) is 0 Å². The second-order valence-electron chi connectivity index (χ2n) is 7.04. The van der Waals surface area contributed by atoms with Crippen LogP contribution >= 0.6 is 0 Å². The van der Waals surface area contributed by atoms with Crippen molar-refractivity contribution in [2.45, 2.75) is 38.4 Å². The zero-order chi connectivity index (χ0) is 20.2. The maximum Gasteiger partial charge on any atom is 0.631 e. The number of nitrogens with zero attached hydrogens (tertiary/aromatic N) is 1. The van der Waals surface area contributed by atoms with Gasteiger partial charge in [-0.15, -0.1) is 0 Å². The van der Waals surface area contributed by atoms with Crippen LogP contribution in [0, 0.1) is 0 Å². The molecule has 2 aromatic carbocycles. The molecule has 3 aromatic rings.